The zero-order chi connectivity index (χ0) is 20.1. The molecule has 0 aromatic rings. The van der Waals surface area contributed by atoms with Crippen LogP contribution >= 0.6 is 0 Å². The van der Waals surface area contributed by atoms with Gasteiger partial charge in [0.05, 0.1) is 6.61 Å². The molecule has 0 aliphatic carbocycles. The molecule has 1 heterocycles. The third-order valence-corrected chi connectivity index (χ3v) is 3.68. The van der Waals surface area contributed by atoms with E-state index in [1.807, 2.05) is 20.8 Å². The van der Waals surface area contributed by atoms with Crippen molar-refractivity contribution in [1.82, 2.24) is 0 Å². The lowest BCUT2D eigenvalue weighted by Gasteiger charge is -2.44. The fourth-order valence-corrected chi connectivity index (χ4v) is 2.60. The molecular weight excluding hydrogens is 344 g/mol. The van der Waals surface area contributed by atoms with Crippen molar-refractivity contribution in [2.75, 3.05) is 13.2 Å². The van der Waals surface area contributed by atoms with E-state index in [0.717, 1.165) is 0 Å². The number of carbonyl (C=O) groups excluding carboxylic acids is 3. The number of esters is 3. The predicted molar refractivity (Wildman–Crippen MR) is 91.0 cm³/mol. The lowest BCUT2D eigenvalue weighted by molar-refractivity contribution is -0.292. The fourth-order valence-electron chi connectivity index (χ4n) is 2.60. The Morgan fingerprint density at radius 1 is 0.923 bits per heavy atom. The van der Waals surface area contributed by atoms with Gasteiger partial charge in [0.25, 0.3) is 0 Å². The summed E-state index contributed by atoms with van der Waals surface area (Å²) < 4.78 is 27.5. The van der Waals surface area contributed by atoms with Gasteiger partial charge in [0, 0.05) is 26.7 Å². The van der Waals surface area contributed by atoms with Crippen molar-refractivity contribution in [3.05, 3.63) is 0 Å². The van der Waals surface area contributed by atoms with Crippen LogP contribution in [-0.2, 0) is 38.1 Å². The normalized spacial score (nSPS) is 29.0. The molecule has 0 aromatic heterocycles. The molecule has 26 heavy (non-hydrogen) atoms. The van der Waals surface area contributed by atoms with E-state index >= 15 is 0 Å². The first kappa shape index (κ1) is 22.4. The first-order valence-electron chi connectivity index (χ1n) is 8.65. The smallest absolute Gasteiger partial charge is 0.303 e. The molecule has 1 saturated heterocycles. The van der Waals surface area contributed by atoms with Gasteiger partial charge in [0.2, 0.25) is 0 Å². The van der Waals surface area contributed by atoms with Gasteiger partial charge in [-0.2, -0.15) is 0 Å². The van der Waals surface area contributed by atoms with E-state index in [1.165, 1.54) is 20.8 Å². The zero-order valence-electron chi connectivity index (χ0n) is 16.6. The van der Waals surface area contributed by atoms with Crippen LogP contribution in [0.25, 0.3) is 0 Å². The van der Waals surface area contributed by atoms with Crippen LogP contribution in [0.4, 0.5) is 0 Å². The predicted octanol–water partition coefficient (Wildman–Crippen LogP) is 1.84. The van der Waals surface area contributed by atoms with Gasteiger partial charge < -0.3 is 23.7 Å². The molecule has 5 atom stereocenters. The molecule has 1 aliphatic heterocycles. The van der Waals surface area contributed by atoms with Crippen molar-refractivity contribution in [3.8, 4) is 0 Å². The molecule has 0 radical (unpaired) electrons. The molecule has 0 aromatic carbocycles. The van der Waals surface area contributed by atoms with Crippen molar-refractivity contribution < 1.29 is 38.1 Å². The summed E-state index contributed by atoms with van der Waals surface area (Å²) >= 11 is 0. The SMILES string of the molecule is CC(=O)OC[C@H]1O[C@H](OCC(C)(C)C)[C@H](C)[C@@H](OC(C)=O)[C@@H]1OC(C)=O. The van der Waals surface area contributed by atoms with Gasteiger partial charge in [-0.3, -0.25) is 14.4 Å². The Kier molecular flexibility index (Phi) is 8.02. The van der Waals surface area contributed by atoms with Crippen molar-refractivity contribution in [3.63, 3.8) is 0 Å². The standard InChI is InChI=1S/C18H30O8/c1-10-15(24-12(3)20)16(25-13(4)21)14(8-22-11(2)19)26-17(10)23-9-18(5,6)7/h10,14-17H,8-9H2,1-7H3/t10-,14-,15-,16-,17+/m1/s1. The van der Waals surface area contributed by atoms with E-state index in [9.17, 15) is 14.4 Å². The molecule has 8 heteroatoms. The Morgan fingerprint density at radius 3 is 1.92 bits per heavy atom. The number of hydrogen-bond acceptors (Lipinski definition) is 8. The first-order valence-corrected chi connectivity index (χ1v) is 8.65. The van der Waals surface area contributed by atoms with Crippen LogP contribution in [0.5, 0.6) is 0 Å². The molecule has 1 aliphatic rings. The summed E-state index contributed by atoms with van der Waals surface area (Å²) in [6.07, 6.45) is -3.20. The molecule has 150 valence electrons. The number of carbonyl (C=O) groups is 3. The Balaban J connectivity index is 3.05. The fraction of sp³-hybridized carbons (Fsp3) is 0.833. The highest BCUT2D eigenvalue weighted by molar-refractivity contribution is 5.67. The molecule has 1 fully saturated rings. The van der Waals surface area contributed by atoms with E-state index in [2.05, 4.69) is 0 Å². The topological polar surface area (TPSA) is 97.4 Å². The molecule has 0 unspecified atom stereocenters. The first-order chi connectivity index (χ1) is 11.9. The van der Waals surface area contributed by atoms with Gasteiger partial charge in [0.15, 0.2) is 12.4 Å². The van der Waals surface area contributed by atoms with Crippen LogP contribution in [-0.4, -0.2) is 55.7 Å². The van der Waals surface area contributed by atoms with E-state index in [4.69, 9.17) is 23.7 Å². The minimum atomic E-state index is -0.903. The summed E-state index contributed by atoms with van der Waals surface area (Å²) in [6.45, 7) is 11.9. The van der Waals surface area contributed by atoms with Gasteiger partial charge in [-0.25, -0.2) is 0 Å². The van der Waals surface area contributed by atoms with E-state index in [-0.39, 0.29) is 17.9 Å². The summed E-state index contributed by atoms with van der Waals surface area (Å²) in [5, 5.41) is 0. The summed E-state index contributed by atoms with van der Waals surface area (Å²) in [6, 6.07) is 0. The Hall–Kier alpha value is -1.67. The Bertz CT molecular complexity index is 510. The molecule has 0 N–H and O–H groups in total. The highest BCUT2D eigenvalue weighted by Crippen LogP contribution is 2.32. The zero-order valence-corrected chi connectivity index (χ0v) is 16.6. The second-order valence-corrected chi connectivity index (χ2v) is 7.72. The third-order valence-electron chi connectivity index (χ3n) is 3.68. The van der Waals surface area contributed by atoms with Crippen molar-refractivity contribution in [2.45, 2.75) is 73.1 Å². The highest BCUT2D eigenvalue weighted by Gasteiger charge is 2.49. The molecule has 1 rings (SSSR count). The maximum atomic E-state index is 11.6. The molecule has 0 amide bonds. The largest absolute Gasteiger partial charge is 0.463 e. The monoisotopic (exact) mass is 374 g/mol. The summed E-state index contributed by atoms with van der Waals surface area (Å²) in [4.78, 5) is 34.2. The molecule has 0 bridgehead atoms. The van der Waals surface area contributed by atoms with Gasteiger partial charge in [-0.15, -0.1) is 0 Å². The number of rotatable bonds is 6. The van der Waals surface area contributed by atoms with Crippen LogP contribution in [0.2, 0.25) is 0 Å². The van der Waals surface area contributed by atoms with Crippen molar-refractivity contribution in [1.29, 1.82) is 0 Å². The average molecular weight is 374 g/mol. The summed E-state index contributed by atoms with van der Waals surface area (Å²) in [5.74, 6) is -1.95. The quantitative estimate of drug-likeness (QED) is 0.513. The lowest BCUT2D eigenvalue weighted by atomic mass is 9.91. The van der Waals surface area contributed by atoms with E-state index in [1.54, 1.807) is 6.92 Å². The van der Waals surface area contributed by atoms with Gasteiger partial charge in [-0.05, 0) is 5.41 Å². The summed E-state index contributed by atoms with van der Waals surface area (Å²) in [5.41, 5.74) is -0.0991. The van der Waals surface area contributed by atoms with Crippen molar-refractivity contribution in [2.24, 2.45) is 11.3 Å². The van der Waals surface area contributed by atoms with E-state index < -0.39 is 42.5 Å². The Morgan fingerprint density at radius 2 is 1.46 bits per heavy atom. The second kappa shape index (κ2) is 9.32. The molecule has 0 saturated carbocycles. The number of ether oxygens (including phenoxy) is 5. The van der Waals surface area contributed by atoms with Gasteiger partial charge in [0.1, 0.15) is 18.8 Å². The van der Waals surface area contributed by atoms with Crippen LogP contribution in [0.15, 0.2) is 0 Å². The average Bonchev–Trinajstić information content (AvgIpc) is 2.47. The molecule has 8 nitrogen and oxygen atoms in total. The maximum Gasteiger partial charge on any atom is 0.303 e. The van der Waals surface area contributed by atoms with Crippen molar-refractivity contribution >= 4 is 17.9 Å². The lowest BCUT2D eigenvalue weighted by Crippen LogP contribution is -2.58. The molecular formula is C18H30O8. The highest BCUT2D eigenvalue weighted by atomic mass is 16.7. The minimum absolute atomic E-state index is 0.0991. The van der Waals surface area contributed by atoms with Crippen LogP contribution in [0.3, 0.4) is 0 Å². The number of hydrogen-bond donors (Lipinski definition) is 0. The van der Waals surface area contributed by atoms with Crippen LogP contribution in [0.1, 0.15) is 48.5 Å². The van der Waals surface area contributed by atoms with Crippen LogP contribution in [0, 0.1) is 11.3 Å². The van der Waals surface area contributed by atoms with Gasteiger partial charge in [-0.1, -0.05) is 27.7 Å². The maximum absolute atomic E-state index is 11.6. The van der Waals surface area contributed by atoms with Crippen LogP contribution < -0.4 is 0 Å². The minimum Gasteiger partial charge on any atom is -0.463 e. The van der Waals surface area contributed by atoms with Gasteiger partial charge >= 0.3 is 17.9 Å². The third kappa shape index (κ3) is 7.29. The Labute approximate surface area is 154 Å². The molecule has 0 spiro atoms. The second-order valence-electron chi connectivity index (χ2n) is 7.72. The van der Waals surface area contributed by atoms with E-state index in [0.29, 0.717) is 6.61 Å². The summed E-state index contributed by atoms with van der Waals surface area (Å²) in [7, 11) is 0.